The summed E-state index contributed by atoms with van der Waals surface area (Å²) in [6.07, 6.45) is -2.57. The third kappa shape index (κ3) is 4.87. The molecule has 0 bridgehead atoms. The molecule has 1 fully saturated rings. The van der Waals surface area contributed by atoms with Crippen LogP contribution in [0.25, 0.3) is 6.08 Å². The Morgan fingerprint density at radius 3 is 2.35 bits per heavy atom. The number of carbonyl (C=O) groups is 1. The Morgan fingerprint density at radius 2 is 1.71 bits per heavy atom. The predicted octanol–water partition coefficient (Wildman–Crippen LogP) is 4.51. The molecule has 0 saturated carbocycles. The van der Waals surface area contributed by atoms with Crippen LogP contribution in [0.3, 0.4) is 0 Å². The minimum Gasteiger partial charge on any atom is -0.497 e. The summed E-state index contributed by atoms with van der Waals surface area (Å²) in [5.74, 6) is 0.458. The fraction of sp³-hybridized carbons (Fsp3) is 0.273. The normalized spacial score (nSPS) is 18.5. The molecule has 162 valence electrons. The third-order valence-corrected chi connectivity index (χ3v) is 6.16. The second kappa shape index (κ2) is 8.66. The quantitative estimate of drug-likeness (QED) is 0.648. The average Bonchev–Trinajstić information content (AvgIpc) is 3.14. The van der Waals surface area contributed by atoms with Gasteiger partial charge in [-0.05, 0) is 53.7 Å². The van der Waals surface area contributed by atoms with E-state index >= 15 is 0 Å². The third-order valence-electron chi connectivity index (χ3n) is 5.11. The summed E-state index contributed by atoms with van der Waals surface area (Å²) in [5, 5.41) is 0.633. The van der Waals surface area contributed by atoms with E-state index in [0.29, 0.717) is 41.9 Å². The van der Waals surface area contributed by atoms with Crippen LogP contribution in [0.1, 0.15) is 11.1 Å². The van der Waals surface area contributed by atoms with Gasteiger partial charge in [-0.3, -0.25) is 4.79 Å². The number of methoxy groups -OCH3 is 1. The maximum absolute atomic E-state index is 13.0. The van der Waals surface area contributed by atoms with Gasteiger partial charge in [-0.15, -0.1) is 0 Å². The lowest BCUT2D eigenvalue weighted by Crippen LogP contribution is -2.47. The number of alkyl halides is 3. The lowest BCUT2D eigenvalue weighted by Gasteiger charge is -2.36. The first-order chi connectivity index (χ1) is 14.8. The molecule has 1 amide bonds. The van der Waals surface area contributed by atoms with Gasteiger partial charge in [0, 0.05) is 31.9 Å². The van der Waals surface area contributed by atoms with Gasteiger partial charge in [-0.1, -0.05) is 18.2 Å². The highest BCUT2D eigenvalue weighted by molar-refractivity contribution is 8.18. The number of carbonyl (C=O) groups excluding carboxylic acids is 1. The second-order valence-electron chi connectivity index (χ2n) is 7.11. The number of hydrogen-bond donors (Lipinski definition) is 0. The molecule has 2 heterocycles. The van der Waals surface area contributed by atoms with Gasteiger partial charge in [-0.2, -0.15) is 18.2 Å². The van der Waals surface area contributed by atoms with Crippen LogP contribution >= 0.6 is 11.8 Å². The van der Waals surface area contributed by atoms with E-state index in [1.165, 1.54) is 23.9 Å². The smallest absolute Gasteiger partial charge is 0.416 e. The van der Waals surface area contributed by atoms with Crippen molar-refractivity contribution in [3.63, 3.8) is 0 Å². The number of anilines is 1. The minimum absolute atomic E-state index is 0.281. The molecule has 0 radical (unpaired) electrons. The number of amides is 1. The number of aliphatic imine (C=N–C) groups is 1. The summed E-state index contributed by atoms with van der Waals surface area (Å²) in [6.45, 7) is 2.25. The van der Waals surface area contributed by atoms with Crippen molar-refractivity contribution in [2.75, 3.05) is 38.2 Å². The fourth-order valence-corrected chi connectivity index (χ4v) is 4.38. The molecule has 0 spiro atoms. The summed E-state index contributed by atoms with van der Waals surface area (Å²) < 4.78 is 44.1. The number of piperazine rings is 1. The van der Waals surface area contributed by atoms with Gasteiger partial charge >= 0.3 is 6.18 Å². The molecule has 0 aliphatic carbocycles. The van der Waals surface area contributed by atoms with E-state index in [4.69, 9.17) is 4.74 Å². The Bertz CT molecular complexity index is 1030. The number of halogens is 3. The lowest BCUT2D eigenvalue weighted by molar-refractivity contribution is -0.137. The zero-order valence-corrected chi connectivity index (χ0v) is 17.5. The van der Waals surface area contributed by atoms with Gasteiger partial charge in [0.2, 0.25) is 0 Å². The van der Waals surface area contributed by atoms with E-state index in [9.17, 15) is 18.0 Å². The molecule has 4 rings (SSSR count). The highest BCUT2D eigenvalue weighted by atomic mass is 32.2. The van der Waals surface area contributed by atoms with Crippen LogP contribution in [-0.2, 0) is 11.0 Å². The summed E-state index contributed by atoms with van der Waals surface area (Å²) in [7, 11) is 1.59. The summed E-state index contributed by atoms with van der Waals surface area (Å²) in [4.78, 5) is 21.0. The van der Waals surface area contributed by atoms with Crippen molar-refractivity contribution in [1.82, 2.24) is 4.90 Å². The second-order valence-corrected chi connectivity index (χ2v) is 8.11. The SMILES string of the molecule is COc1ccc(C=C2SC(N3CCN(c4cccc(C(F)(F)F)c4)CC3)=NC2=O)cc1. The molecule has 9 heteroatoms. The van der Waals surface area contributed by atoms with Crippen molar-refractivity contribution in [2.45, 2.75) is 6.18 Å². The molecule has 2 aromatic rings. The first-order valence-corrected chi connectivity index (χ1v) is 10.5. The van der Waals surface area contributed by atoms with Crippen LogP contribution in [0.5, 0.6) is 5.75 Å². The van der Waals surface area contributed by atoms with Crippen LogP contribution in [0.2, 0.25) is 0 Å². The monoisotopic (exact) mass is 447 g/mol. The van der Waals surface area contributed by atoms with E-state index in [2.05, 4.69) is 4.99 Å². The molecule has 0 aromatic heterocycles. The summed E-state index contributed by atoms with van der Waals surface area (Å²) in [6, 6.07) is 12.7. The molecule has 2 aliphatic rings. The number of benzene rings is 2. The highest BCUT2D eigenvalue weighted by Crippen LogP contribution is 2.33. The molecule has 5 nitrogen and oxygen atoms in total. The molecular weight excluding hydrogens is 427 g/mol. The molecule has 0 atom stereocenters. The number of ether oxygens (including phenoxy) is 1. The molecule has 2 aromatic carbocycles. The van der Waals surface area contributed by atoms with Crippen molar-refractivity contribution < 1.29 is 22.7 Å². The maximum atomic E-state index is 13.0. The van der Waals surface area contributed by atoms with Crippen molar-refractivity contribution in [3.05, 3.63) is 64.6 Å². The lowest BCUT2D eigenvalue weighted by atomic mass is 10.1. The van der Waals surface area contributed by atoms with Crippen LogP contribution in [0.4, 0.5) is 18.9 Å². The Kier molecular flexibility index (Phi) is 5.95. The number of rotatable bonds is 3. The van der Waals surface area contributed by atoms with Crippen LogP contribution in [0, 0.1) is 0 Å². The largest absolute Gasteiger partial charge is 0.497 e. The Hall–Kier alpha value is -2.94. The molecule has 1 saturated heterocycles. The van der Waals surface area contributed by atoms with Crippen molar-refractivity contribution in [3.8, 4) is 5.75 Å². The van der Waals surface area contributed by atoms with Crippen molar-refractivity contribution in [2.24, 2.45) is 4.99 Å². The molecule has 0 N–H and O–H groups in total. The number of amidine groups is 1. The Morgan fingerprint density at radius 1 is 1.03 bits per heavy atom. The maximum Gasteiger partial charge on any atom is 0.416 e. The van der Waals surface area contributed by atoms with Crippen LogP contribution in [-0.4, -0.2) is 49.3 Å². The number of nitrogens with zero attached hydrogens (tertiary/aromatic N) is 3. The van der Waals surface area contributed by atoms with E-state index < -0.39 is 11.7 Å². The van der Waals surface area contributed by atoms with E-state index in [1.807, 2.05) is 34.1 Å². The topological polar surface area (TPSA) is 45.1 Å². The predicted molar refractivity (Wildman–Crippen MR) is 116 cm³/mol. The summed E-state index contributed by atoms with van der Waals surface area (Å²) >= 11 is 1.32. The van der Waals surface area contributed by atoms with Gasteiger partial charge < -0.3 is 14.5 Å². The van der Waals surface area contributed by atoms with Gasteiger partial charge in [0.15, 0.2) is 5.17 Å². The number of thioether (sulfide) groups is 1. The zero-order chi connectivity index (χ0) is 22.0. The average molecular weight is 447 g/mol. The van der Waals surface area contributed by atoms with Gasteiger partial charge in [0.05, 0.1) is 17.6 Å². The molecule has 0 unspecified atom stereocenters. The first kappa shape index (κ1) is 21.3. The molecular formula is C22H20F3N3O2S. The summed E-state index contributed by atoms with van der Waals surface area (Å²) in [5.41, 5.74) is 0.774. The van der Waals surface area contributed by atoms with E-state index in [0.717, 1.165) is 17.4 Å². The van der Waals surface area contributed by atoms with Gasteiger partial charge in [-0.25, -0.2) is 0 Å². The van der Waals surface area contributed by atoms with Crippen molar-refractivity contribution in [1.29, 1.82) is 0 Å². The first-order valence-electron chi connectivity index (χ1n) is 9.67. The standard InChI is InChI=1S/C22H20F3N3O2S/c1-30-18-7-5-15(6-8-18)13-19-20(29)26-21(31-19)28-11-9-27(10-12-28)17-4-2-3-16(14-17)22(23,24)25/h2-8,13-14H,9-12H2,1H3. The van der Waals surface area contributed by atoms with Gasteiger partial charge in [0.25, 0.3) is 5.91 Å². The van der Waals surface area contributed by atoms with Crippen LogP contribution < -0.4 is 9.64 Å². The Balaban J connectivity index is 1.39. The van der Waals surface area contributed by atoms with Crippen LogP contribution in [0.15, 0.2) is 58.4 Å². The molecule has 31 heavy (non-hydrogen) atoms. The molecule has 2 aliphatic heterocycles. The number of hydrogen-bond acceptors (Lipinski definition) is 5. The Labute approximate surface area is 182 Å². The highest BCUT2D eigenvalue weighted by Gasteiger charge is 2.32. The van der Waals surface area contributed by atoms with E-state index in [-0.39, 0.29) is 5.91 Å². The van der Waals surface area contributed by atoms with E-state index in [1.54, 1.807) is 19.3 Å². The minimum atomic E-state index is -4.36. The zero-order valence-electron chi connectivity index (χ0n) is 16.7. The van der Waals surface area contributed by atoms with Gasteiger partial charge in [0.1, 0.15) is 5.75 Å². The van der Waals surface area contributed by atoms with Crippen molar-refractivity contribution >= 4 is 34.6 Å². The fourth-order valence-electron chi connectivity index (χ4n) is 3.42.